The second kappa shape index (κ2) is 11.9. The van der Waals surface area contributed by atoms with Crippen molar-refractivity contribution < 1.29 is 24.2 Å². The third-order valence-electron chi connectivity index (χ3n) is 5.76. The number of ether oxygens (including phenoxy) is 2. The minimum Gasteiger partial charge on any atom is -0.485 e. The lowest BCUT2D eigenvalue weighted by atomic mass is 10.1. The summed E-state index contributed by atoms with van der Waals surface area (Å²) in [5.41, 5.74) is 5.14. The van der Waals surface area contributed by atoms with Crippen LogP contribution in [0.3, 0.4) is 0 Å². The molecule has 0 aromatic heterocycles. The van der Waals surface area contributed by atoms with Gasteiger partial charge in [-0.15, -0.1) is 0 Å². The highest BCUT2D eigenvalue weighted by Crippen LogP contribution is 2.31. The average molecular weight is 496 g/mol. The molecule has 0 atom stereocenters. The van der Waals surface area contributed by atoms with Gasteiger partial charge in [-0.25, -0.2) is 4.79 Å². The lowest BCUT2D eigenvalue weighted by Gasteiger charge is -2.24. The summed E-state index contributed by atoms with van der Waals surface area (Å²) in [6.45, 7) is 4.00. The van der Waals surface area contributed by atoms with E-state index in [0.717, 1.165) is 27.9 Å². The molecule has 1 N–H and O–H groups in total. The van der Waals surface area contributed by atoms with Crippen LogP contribution in [0.4, 0.5) is 5.69 Å². The fourth-order valence-electron chi connectivity index (χ4n) is 3.95. The molecule has 0 bridgehead atoms. The van der Waals surface area contributed by atoms with E-state index in [4.69, 9.17) is 14.6 Å². The largest absolute Gasteiger partial charge is 0.485 e. The summed E-state index contributed by atoms with van der Waals surface area (Å²) in [5, 5.41) is 9.17. The normalized spacial score (nSPS) is 10.5. The van der Waals surface area contributed by atoms with Crippen LogP contribution in [0.5, 0.6) is 11.5 Å². The van der Waals surface area contributed by atoms with Crippen LogP contribution in [0, 0.1) is 13.8 Å². The van der Waals surface area contributed by atoms with Gasteiger partial charge in [0.1, 0.15) is 6.61 Å². The second-order valence-electron chi connectivity index (χ2n) is 8.84. The number of hydrogen-bond donors (Lipinski definition) is 1. The van der Waals surface area contributed by atoms with Gasteiger partial charge in [0.15, 0.2) is 18.1 Å². The summed E-state index contributed by atoms with van der Waals surface area (Å²) in [5.74, 6) is -0.480. The van der Waals surface area contributed by atoms with Crippen molar-refractivity contribution in [1.82, 2.24) is 0 Å². The van der Waals surface area contributed by atoms with E-state index in [1.807, 2.05) is 92.7 Å². The van der Waals surface area contributed by atoms with Crippen LogP contribution in [0.15, 0.2) is 97.1 Å². The molecule has 4 aromatic carbocycles. The minimum absolute atomic E-state index is 0.133. The number of amides is 1. The van der Waals surface area contributed by atoms with Gasteiger partial charge in [-0.2, -0.15) is 0 Å². The van der Waals surface area contributed by atoms with Crippen LogP contribution in [0.2, 0.25) is 0 Å². The van der Waals surface area contributed by atoms with Gasteiger partial charge in [-0.05, 0) is 66.9 Å². The van der Waals surface area contributed by atoms with E-state index in [1.54, 1.807) is 23.1 Å². The van der Waals surface area contributed by atoms with E-state index in [0.29, 0.717) is 23.7 Å². The molecule has 0 saturated heterocycles. The highest BCUT2D eigenvalue weighted by atomic mass is 16.5. The van der Waals surface area contributed by atoms with Gasteiger partial charge >= 0.3 is 5.97 Å². The van der Waals surface area contributed by atoms with Crippen LogP contribution in [-0.2, 0) is 17.9 Å². The molecule has 0 saturated carbocycles. The first-order valence-corrected chi connectivity index (χ1v) is 12.0. The first-order chi connectivity index (χ1) is 17.9. The van der Waals surface area contributed by atoms with Gasteiger partial charge in [0, 0.05) is 11.3 Å². The number of rotatable bonds is 10. The molecule has 1 amide bonds. The third-order valence-corrected chi connectivity index (χ3v) is 5.76. The van der Waals surface area contributed by atoms with Crippen molar-refractivity contribution in [3.8, 4) is 11.5 Å². The molecule has 0 fully saturated rings. The Morgan fingerprint density at radius 3 is 2.16 bits per heavy atom. The number of carbonyl (C=O) groups is 2. The Balaban J connectivity index is 1.64. The zero-order valence-electron chi connectivity index (χ0n) is 20.9. The molecular weight excluding hydrogens is 466 g/mol. The number of aryl methyl sites for hydroxylation is 2. The zero-order chi connectivity index (χ0) is 26.2. The molecule has 6 nitrogen and oxygen atoms in total. The monoisotopic (exact) mass is 495 g/mol. The number of benzene rings is 4. The molecule has 4 rings (SSSR count). The van der Waals surface area contributed by atoms with Crippen molar-refractivity contribution >= 4 is 17.6 Å². The Bertz CT molecular complexity index is 1380. The SMILES string of the molecule is Cc1cccc(C(=O)N(Cc2ccc(OCc3ccccc3)c(OCC(=O)O)c2)c2cccc(C)c2)c1. The Labute approximate surface area is 216 Å². The molecule has 0 aliphatic heterocycles. The molecule has 0 spiro atoms. The van der Waals surface area contributed by atoms with Gasteiger partial charge in [0.2, 0.25) is 0 Å². The maximum Gasteiger partial charge on any atom is 0.341 e. The molecule has 6 heteroatoms. The first-order valence-electron chi connectivity index (χ1n) is 12.0. The van der Waals surface area contributed by atoms with Crippen molar-refractivity contribution in [2.45, 2.75) is 27.0 Å². The highest BCUT2D eigenvalue weighted by Gasteiger charge is 2.20. The van der Waals surface area contributed by atoms with Crippen LogP contribution < -0.4 is 14.4 Å². The van der Waals surface area contributed by atoms with Gasteiger partial charge in [-0.1, -0.05) is 66.2 Å². The fourth-order valence-corrected chi connectivity index (χ4v) is 3.95. The van der Waals surface area contributed by atoms with Crippen molar-refractivity contribution in [2.24, 2.45) is 0 Å². The molecule has 37 heavy (non-hydrogen) atoms. The number of anilines is 1. The minimum atomic E-state index is -1.09. The van der Waals surface area contributed by atoms with Gasteiger partial charge in [-0.3, -0.25) is 4.79 Å². The maximum atomic E-state index is 13.6. The van der Waals surface area contributed by atoms with Crippen LogP contribution in [0.1, 0.15) is 32.6 Å². The Morgan fingerprint density at radius 2 is 1.46 bits per heavy atom. The maximum absolute atomic E-state index is 13.6. The van der Waals surface area contributed by atoms with E-state index in [2.05, 4.69) is 0 Å². The Kier molecular flexibility index (Phi) is 8.21. The third kappa shape index (κ3) is 6.98. The second-order valence-corrected chi connectivity index (χ2v) is 8.84. The van der Waals surface area contributed by atoms with Crippen molar-refractivity contribution in [1.29, 1.82) is 0 Å². The van der Waals surface area contributed by atoms with Crippen LogP contribution in [0.25, 0.3) is 0 Å². The number of carboxylic acids is 1. The van der Waals surface area contributed by atoms with Crippen molar-refractivity contribution in [3.63, 3.8) is 0 Å². The summed E-state index contributed by atoms with van der Waals surface area (Å²) < 4.78 is 11.5. The predicted molar refractivity (Wildman–Crippen MR) is 143 cm³/mol. The molecule has 0 heterocycles. The highest BCUT2D eigenvalue weighted by molar-refractivity contribution is 6.06. The number of aliphatic carboxylic acids is 1. The van der Waals surface area contributed by atoms with Gasteiger partial charge < -0.3 is 19.5 Å². The Morgan fingerprint density at radius 1 is 0.730 bits per heavy atom. The number of carbonyl (C=O) groups excluding carboxylic acids is 1. The van der Waals surface area contributed by atoms with E-state index in [1.165, 1.54) is 0 Å². The molecular formula is C31H29NO5. The van der Waals surface area contributed by atoms with E-state index in [9.17, 15) is 9.59 Å². The smallest absolute Gasteiger partial charge is 0.341 e. The molecule has 0 unspecified atom stereocenters. The average Bonchev–Trinajstić information content (AvgIpc) is 2.90. The Hall–Kier alpha value is -4.58. The van der Waals surface area contributed by atoms with Crippen LogP contribution in [-0.4, -0.2) is 23.6 Å². The molecule has 4 aromatic rings. The summed E-state index contributed by atoms with van der Waals surface area (Å²) in [4.78, 5) is 26.5. The molecule has 188 valence electrons. The quantitative estimate of drug-likeness (QED) is 0.284. The zero-order valence-corrected chi connectivity index (χ0v) is 20.9. The van der Waals surface area contributed by atoms with Crippen molar-refractivity contribution in [2.75, 3.05) is 11.5 Å². The van der Waals surface area contributed by atoms with E-state index >= 15 is 0 Å². The lowest BCUT2D eigenvalue weighted by molar-refractivity contribution is -0.139. The number of nitrogens with zero attached hydrogens (tertiary/aromatic N) is 1. The number of hydrogen-bond acceptors (Lipinski definition) is 4. The first kappa shape index (κ1) is 25.5. The molecule has 0 radical (unpaired) electrons. The van der Waals surface area contributed by atoms with Crippen LogP contribution >= 0.6 is 0 Å². The summed E-state index contributed by atoms with van der Waals surface area (Å²) in [6, 6.07) is 30.3. The fraction of sp³-hybridized carbons (Fsp3) is 0.161. The summed E-state index contributed by atoms with van der Waals surface area (Å²) in [7, 11) is 0. The topological polar surface area (TPSA) is 76.1 Å². The predicted octanol–water partition coefficient (Wildman–Crippen LogP) is 6.19. The summed E-state index contributed by atoms with van der Waals surface area (Å²) in [6.07, 6.45) is 0. The van der Waals surface area contributed by atoms with E-state index < -0.39 is 12.6 Å². The standard InChI is InChI=1S/C31H29NO5/c1-22-8-6-12-26(16-22)31(35)32(27-13-7-9-23(2)17-27)19-25-14-15-28(29(18-25)37-21-30(33)34)36-20-24-10-4-3-5-11-24/h3-18H,19-21H2,1-2H3,(H,33,34). The van der Waals surface area contributed by atoms with Crippen molar-refractivity contribution in [3.05, 3.63) is 125 Å². The summed E-state index contributed by atoms with van der Waals surface area (Å²) >= 11 is 0. The molecule has 0 aliphatic rings. The van der Waals surface area contributed by atoms with E-state index in [-0.39, 0.29) is 12.5 Å². The van der Waals surface area contributed by atoms with Gasteiger partial charge in [0.25, 0.3) is 5.91 Å². The van der Waals surface area contributed by atoms with Gasteiger partial charge in [0.05, 0.1) is 6.54 Å². The number of carboxylic acid groups (broad SMARTS) is 1. The molecule has 0 aliphatic carbocycles. The lowest BCUT2D eigenvalue weighted by Crippen LogP contribution is -2.30.